The van der Waals surface area contributed by atoms with Gasteiger partial charge in [0, 0.05) is 6.54 Å². The summed E-state index contributed by atoms with van der Waals surface area (Å²) in [6.45, 7) is 4.94. The van der Waals surface area contributed by atoms with E-state index in [2.05, 4.69) is 34.7 Å². The third kappa shape index (κ3) is 4.52. The number of nitrogens with one attached hydrogen (secondary N) is 2. The topological polar surface area (TPSA) is 93.2 Å². The number of amides is 1. The van der Waals surface area contributed by atoms with Crippen LogP contribution in [-0.2, 0) is 4.74 Å². The Labute approximate surface area is 140 Å². The Hall–Kier alpha value is -2.96. The van der Waals surface area contributed by atoms with Crippen LogP contribution in [0.3, 0.4) is 0 Å². The first-order valence-electron chi connectivity index (χ1n) is 7.57. The fraction of sp³-hybridized carbons (Fsp3) is 0.294. The maximum absolute atomic E-state index is 12.3. The van der Waals surface area contributed by atoms with Crippen LogP contribution in [0, 0.1) is 5.92 Å². The normalized spacial score (nSPS) is 10.3. The van der Waals surface area contributed by atoms with Gasteiger partial charge >= 0.3 is 5.97 Å². The fourth-order valence-electron chi connectivity index (χ4n) is 1.92. The summed E-state index contributed by atoms with van der Waals surface area (Å²) in [5.74, 6) is 0.110. The van der Waals surface area contributed by atoms with Gasteiger partial charge < -0.3 is 15.4 Å². The molecule has 0 fully saturated rings. The van der Waals surface area contributed by atoms with Crippen molar-refractivity contribution in [3.63, 3.8) is 0 Å². The van der Waals surface area contributed by atoms with Gasteiger partial charge in [0.05, 0.1) is 18.4 Å². The van der Waals surface area contributed by atoms with Crippen LogP contribution in [0.4, 0.5) is 11.5 Å². The number of carbonyl (C=O) groups is 2. The van der Waals surface area contributed by atoms with Gasteiger partial charge in [0.15, 0.2) is 5.69 Å². The summed E-state index contributed by atoms with van der Waals surface area (Å²) in [7, 11) is 1.29. The van der Waals surface area contributed by atoms with Crippen molar-refractivity contribution >= 4 is 23.4 Å². The van der Waals surface area contributed by atoms with E-state index in [1.165, 1.54) is 7.11 Å². The van der Waals surface area contributed by atoms with Crippen molar-refractivity contribution < 1.29 is 14.3 Å². The van der Waals surface area contributed by atoms with Crippen molar-refractivity contribution in [2.75, 3.05) is 24.3 Å². The quantitative estimate of drug-likeness (QED) is 0.792. The maximum atomic E-state index is 12.3. The molecule has 2 rings (SSSR count). The van der Waals surface area contributed by atoms with E-state index in [4.69, 9.17) is 4.74 Å². The number of hydrogen-bond acceptors (Lipinski definition) is 6. The SMILES string of the molecule is COC(=O)c1ccccc1NC(=O)c1ccc(NCC(C)C)nn1. The molecule has 0 aliphatic heterocycles. The zero-order valence-electron chi connectivity index (χ0n) is 13.9. The molecule has 24 heavy (non-hydrogen) atoms. The largest absolute Gasteiger partial charge is 0.465 e. The monoisotopic (exact) mass is 328 g/mol. The lowest BCUT2D eigenvalue weighted by molar-refractivity contribution is 0.0602. The summed E-state index contributed by atoms with van der Waals surface area (Å²) in [6.07, 6.45) is 0. The van der Waals surface area contributed by atoms with Crippen molar-refractivity contribution in [1.29, 1.82) is 0 Å². The molecule has 0 saturated carbocycles. The lowest BCUT2D eigenvalue weighted by atomic mass is 10.1. The van der Waals surface area contributed by atoms with E-state index in [-0.39, 0.29) is 11.3 Å². The van der Waals surface area contributed by atoms with Gasteiger partial charge in [-0.15, -0.1) is 10.2 Å². The van der Waals surface area contributed by atoms with Crippen LogP contribution in [0.5, 0.6) is 0 Å². The Morgan fingerprint density at radius 3 is 2.50 bits per heavy atom. The molecular formula is C17H20N4O3. The Kier molecular flexibility index (Phi) is 5.83. The minimum atomic E-state index is -0.523. The van der Waals surface area contributed by atoms with Gasteiger partial charge in [-0.25, -0.2) is 4.79 Å². The van der Waals surface area contributed by atoms with E-state index < -0.39 is 11.9 Å². The average Bonchev–Trinajstić information content (AvgIpc) is 2.60. The Balaban J connectivity index is 2.09. The highest BCUT2D eigenvalue weighted by atomic mass is 16.5. The molecule has 0 atom stereocenters. The molecule has 0 radical (unpaired) electrons. The van der Waals surface area contributed by atoms with Crippen LogP contribution in [0.15, 0.2) is 36.4 Å². The van der Waals surface area contributed by atoms with Crippen LogP contribution < -0.4 is 10.6 Å². The number of nitrogens with zero attached hydrogens (tertiary/aromatic N) is 2. The number of ether oxygens (including phenoxy) is 1. The summed E-state index contributed by atoms with van der Waals surface area (Å²) in [5.41, 5.74) is 0.791. The van der Waals surface area contributed by atoms with Crippen molar-refractivity contribution in [2.45, 2.75) is 13.8 Å². The number of anilines is 2. The van der Waals surface area contributed by atoms with E-state index in [1.54, 1.807) is 36.4 Å². The molecule has 2 N–H and O–H groups in total. The van der Waals surface area contributed by atoms with Gasteiger partial charge in [0.1, 0.15) is 5.82 Å². The second-order valence-electron chi connectivity index (χ2n) is 5.57. The van der Waals surface area contributed by atoms with Gasteiger partial charge in [0.2, 0.25) is 0 Å². The number of rotatable bonds is 6. The first-order valence-corrected chi connectivity index (χ1v) is 7.57. The predicted octanol–water partition coefficient (Wildman–Crippen LogP) is 2.58. The summed E-state index contributed by atoms with van der Waals surface area (Å²) in [4.78, 5) is 24.0. The zero-order valence-corrected chi connectivity index (χ0v) is 13.9. The molecule has 2 aromatic rings. The first-order chi connectivity index (χ1) is 11.5. The molecule has 0 spiro atoms. The summed E-state index contributed by atoms with van der Waals surface area (Å²) in [5, 5.41) is 13.7. The minimum absolute atomic E-state index is 0.157. The zero-order chi connectivity index (χ0) is 17.5. The van der Waals surface area contributed by atoms with Crippen molar-refractivity contribution in [3.8, 4) is 0 Å². The number of carbonyl (C=O) groups excluding carboxylic acids is 2. The van der Waals surface area contributed by atoms with Gasteiger partial charge in [-0.1, -0.05) is 26.0 Å². The standard InChI is InChI=1S/C17H20N4O3/c1-11(2)10-18-15-9-8-14(20-21-15)16(22)19-13-7-5-4-6-12(13)17(23)24-3/h4-9,11H,10H2,1-3H3,(H,18,21)(H,19,22). The average molecular weight is 328 g/mol. The third-order valence-corrected chi connectivity index (χ3v) is 3.17. The van der Waals surface area contributed by atoms with E-state index in [9.17, 15) is 9.59 Å². The van der Waals surface area contributed by atoms with Gasteiger partial charge in [-0.3, -0.25) is 4.79 Å². The molecule has 7 heteroatoms. The van der Waals surface area contributed by atoms with E-state index >= 15 is 0 Å². The number of para-hydroxylation sites is 1. The Morgan fingerprint density at radius 2 is 1.88 bits per heavy atom. The number of methoxy groups -OCH3 is 1. The molecule has 1 aromatic carbocycles. The van der Waals surface area contributed by atoms with Crippen LogP contribution in [0.2, 0.25) is 0 Å². The number of esters is 1. The van der Waals surface area contributed by atoms with Gasteiger partial charge in [0.25, 0.3) is 5.91 Å². The van der Waals surface area contributed by atoms with E-state index in [0.29, 0.717) is 17.4 Å². The predicted molar refractivity (Wildman–Crippen MR) is 91.1 cm³/mol. The van der Waals surface area contributed by atoms with Crippen LogP contribution >= 0.6 is 0 Å². The molecule has 0 saturated heterocycles. The smallest absolute Gasteiger partial charge is 0.339 e. The number of benzene rings is 1. The molecule has 0 aliphatic carbocycles. The van der Waals surface area contributed by atoms with Crippen molar-refractivity contribution in [1.82, 2.24) is 10.2 Å². The van der Waals surface area contributed by atoms with E-state index in [0.717, 1.165) is 6.54 Å². The van der Waals surface area contributed by atoms with Crippen LogP contribution in [0.25, 0.3) is 0 Å². The van der Waals surface area contributed by atoms with Crippen molar-refractivity contribution in [2.24, 2.45) is 5.92 Å². The highest BCUT2D eigenvalue weighted by Crippen LogP contribution is 2.17. The minimum Gasteiger partial charge on any atom is -0.465 e. The molecule has 1 amide bonds. The van der Waals surface area contributed by atoms with Crippen LogP contribution in [0.1, 0.15) is 34.7 Å². The maximum Gasteiger partial charge on any atom is 0.339 e. The molecule has 1 aromatic heterocycles. The molecular weight excluding hydrogens is 308 g/mol. The first kappa shape index (κ1) is 17.4. The van der Waals surface area contributed by atoms with Gasteiger partial charge in [-0.2, -0.15) is 0 Å². The van der Waals surface area contributed by atoms with Gasteiger partial charge in [-0.05, 0) is 30.2 Å². The summed E-state index contributed by atoms with van der Waals surface area (Å²) in [6, 6.07) is 9.87. The molecule has 7 nitrogen and oxygen atoms in total. The molecule has 0 unspecified atom stereocenters. The van der Waals surface area contributed by atoms with Crippen molar-refractivity contribution in [3.05, 3.63) is 47.7 Å². The fourth-order valence-corrected chi connectivity index (χ4v) is 1.92. The second kappa shape index (κ2) is 8.05. The highest BCUT2D eigenvalue weighted by molar-refractivity contribution is 6.07. The number of aromatic nitrogens is 2. The summed E-state index contributed by atoms with van der Waals surface area (Å²) < 4.78 is 4.70. The lowest BCUT2D eigenvalue weighted by Gasteiger charge is -2.10. The van der Waals surface area contributed by atoms with E-state index in [1.807, 2.05) is 0 Å². The molecule has 0 aliphatic rings. The molecule has 126 valence electrons. The molecule has 0 bridgehead atoms. The third-order valence-electron chi connectivity index (χ3n) is 3.17. The number of hydrogen-bond donors (Lipinski definition) is 2. The van der Waals surface area contributed by atoms with Crippen LogP contribution in [-0.4, -0.2) is 35.7 Å². The Bertz CT molecular complexity index is 714. The lowest BCUT2D eigenvalue weighted by Crippen LogP contribution is -2.17. The second-order valence-corrected chi connectivity index (χ2v) is 5.57. The summed E-state index contributed by atoms with van der Waals surface area (Å²) >= 11 is 0. The molecule has 1 heterocycles. The highest BCUT2D eigenvalue weighted by Gasteiger charge is 2.15. The Morgan fingerprint density at radius 1 is 1.12 bits per heavy atom.